The first-order valence-electron chi connectivity index (χ1n) is 7.70. The lowest BCUT2D eigenvalue weighted by Gasteiger charge is -2.32. The molecule has 0 aliphatic heterocycles. The smallest absolute Gasteiger partial charge is 0.312 e. The van der Waals surface area contributed by atoms with Crippen molar-refractivity contribution >= 4 is 5.97 Å². The number of rotatable bonds is 10. The maximum absolute atomic E-state index is 12.3. The summed E-state index contributed by atoms with van der Waals surface area (Å²) >= 11 is 0. The third kappa shape index (κ3) is 6.71. The second kappa shape index (κ2) is 9.35. The van der Waals surface area contributed by atoms with E-state index in [9.17, 15) is 9.90 Å². The SMILES string of the molecule is CC(C)CC(C)(C(=O)OCCCCC(O)CO)C(C)C. The fraction of sp³-hybridized carbons (Fsp3) is 0.938. The van der Waals surface area contributed by atoms with Gasteiger partial charge in [0.1, 0.15) is 0 Å². The molecule has 0 aliphatic carbocycles. The average molecular weight is 288 g/mol. The van der Waals surface area contributed by atoms with Crippen LogP contribution in [0.3, 0.4) is 0 Å². The number of esters is 1. The fourth-order valence-corrected chi connectivity index (χ4v) is 2.31. The van der Waals surface area contributed by atoms with Crippen molar-refractivity contribution in [2.45, 2.75) is 66.4 Å². The minimum absolute atomic E-state index is 0.121. The van der Waals surface area contributed by atoms with Crippen LogP contribution < -0.4 is 0 Å². The average Bonchev–Trinajstić information content (AvgIpc) is 2.36. The molecule has 0 aromatic heterocycles. The zero-order chi connectivity index (χ0) is 15.8. The number of hydrogen-bond acceptors (Lipinski definition) is 4. The Labute approximate surface area is 123 Å². The van der Waals surface area contributed by atoms with Crippen LogP contribution in [0, 0.1) is 17.3 Å². The molecule has 0 fully saturated rings. The van der Waals surface area contributed by atoms with Crippen molar-refractivity contribution in [1.29, 1.82) is 0 Å². The molecule has 0 aromatic carbocycles. The summed E-state index contributed by atoms with van der Waals surface area (Å²) in [7, 11) is 0. The molecule has 120 valence electrons. The number of carbonyl (C=O) groups excluding carboxylic acids is 1. The minimum atomic E-state index is -0.660. The molecule has 0 radical (unpaired) electrons. The Hall–Kier alpha value is -0.610. The van der Waals surface area contributed by atoms with Gasteiger partial charge in [0.15, 0.2) is 0 Å². The predicted octanol–water partition coefficient (Wildman–Crippen LogP) is 2.76. The molecule has 2 unspecified atom stereocenters. The van der Waals surface area contributed by atoms with Gasteiger partial charge in [-0.3, -0.25) is 4.79 Å². The molecule has 2 N–H and O–H groups in total. The summed E-state index contributed by atoms with van der Waals surface area (Å²) < 4.78 is 5.40. The third-order valence-electron chi connectivity index (χ3n) is 3.95. The molecule has 0 amide bonds. The van der Waals surface area contributed by atoms with E-state index in [0.29, 0.717) is 18.9 Å². The van der Waals surface area contributed by atoms with Crippen LogP contribution in [-0.2, 0) is 9.53 Å². The Balaban J connectivity index is 4.15. The maximum atomic E-state index is 12.3. The monoisotopic (exact) mass is 288 g/mol. The molecular weight excluding hydrogens is 256 g/mol. The van der Waals surface area contributed by atoms with Gasteiger partial charge in [-0.25, -0.2) is 0 Å². The summed E-state index contributed by atoms with van der Waals surface area (Å²) in [6, 6.07) is 0. The molecule has 0 aliphatic rings. The second-order valence-electron chi connectivity index (χ2n) is 6.64. The normalized spacial score (nSPS) is 16.2. The number of ether oxygens (including phenoxy) is 1. The molecule has 0 heterocycles. The van der Waals surface area contributed by atoms with Gasteiger partial charge in [-0.1, -0.05) is 27.7 Å². The van der Waals surface area contributed by atoms with Gasteiger partial charge in [-0.05, 0) is 44.4 Å². The van der Waals surface area contributed by atoms with Gasteiger partial charge >= 0.3 is 5.97 Å². The predicted molar refractivity (Wildman–Crippen MR) is 80.3 cm³/mol. The van der Waals surface area contributed by atoms with Crippen molar-refractivity contribution in [2.24, 2.45) is 17.3 Å². The number of hydrogen-bond donors (Lipinski definition) is 2. The van der Waals surface area contributed by atoms with E-state index in [1.807, 2.05) is 6.92 Å². The van der Waals surface area contributed by atoms with E-state index >= 15 is 0 Å². The third-order valence-corrected chi connectivity index (χ3v) is 3.95. The summed E-state index contributed by atoms with van der Waals surface area (Å²) in [4.78, 5) is 12.3. The van der Waals surface area contributed by atoms with E-state index in [2.05, 4.69) is 27.7 Å². The summed E-state index contributed by atoms with van der Waals surface area (Å²) in [6.45, 7) is 10.5. The zero-order valence-electron chi connectivity index (χ0n) is 13.7. The van der Waals surface area contributed by atoms with Crippen LogP contribution in [0.2, 0.25) is 0 Å². The van der Waals surface area contributed by atoms with Gasteiger partial charge in [0.2, 0.25) is 0 Å². The van der Waals surface area contributed by atoms with Gasteiger partial charge in [0.25, 0.3) is 0 Å². The summed E-state index contributed by atoms with van der Waals surface area (Å²) in [6.07, 6.45) is 2.18. The molecule has 0 rings (SSSR count). The zero-order valence-corrected chi connectivity index (χ0v) is 13.7. The number of unbranched alkanes of at least 4 members (excludes halogenated alkanes) is 1. The summed E-state index contributed by atoms with van der Waals surface area (Å²) in [5.74, 6) is 0.576. The van der Waals surface area contributed by atoms with Crippen LogP contribution in [-0.4, -0.2) is 35.5 Å². The number of aliphatic hydroxyl groups is 2. The van der Waals surface area contributed by atoms with Gasteiger partial charge < -0.3 is 14.9 Å². The van der Waals surface area contributed by atoms with Gasteiger partial charge in [-0.2, -0.15) is 0 Å². The first-order valence-corrected chi connectivity index (χ1v) is 7.70. The second-order valence-corrected chi connectivity index (χ2v) is 6.64. The van der Waals surface area contributed by atoms with Gasteiger partial charge in [0.05, 0.1) is 24.7 Å². The lowest BCUT2D eigenvalue weighted by atomic mass is 9.73. The van der Waals surface area contributed by atoms with E-state index in [1.54, 1.807) is 0 Å². The lowest BCUT2D eigenvalue weighted by Crippen LogP contribution is -2.36. The quantitative estimate of drug-likeness (QED) is 0.479. The van der Waals surface area contributed by atoms with Crippen LogP contribution in [0.15, 0.2) is 0 Å². The largest absolute Gasteiger partial charge is 0.465 e. The van der Waals surface area contributed by atoms with Crippen LogP contribution in [0.25, 0.3) is 0 Å². The van der Waals surface area contributed by atoms with E-state index in [0.717, 1.165) is 19.3 Å². The van der Waals surface area contributed by atoms with Crippen molar-refractivity contribution in [3.63, 3.8) is 0 Å². The standard InChI is InChI=1S/C16H32O4/c1-12(2)10-16(5,13(3)4)15(19)20-9-7-6-8-14(18)11-17/h12-14,17-18H,6-11H2,1-5H3. The van der Waals surface area contributed by atoms with Crippen molar-refractivity contribution in [3.05, 3.63) is 0 Å². The van der Waals surface area contributed by atoms with E-state index in [4.69, 9.17) is 9.84 Å². The molecule has 0 aromatic rings. The van der Waals surface area contributed by atoms with Crippen LogP contribution >= 0.6 is 0 Å². The van der Waals surface area contributed by atoms with Crippen LogP contribution in [0.1, 0.15) is 60.3 Å². The highest BCUT2D eigenvalue weighted by atomic mass is 16.5. The first-order chi connectivity index (χ1) is 9.24. The summed E-state index contributed by atoms with van der Waals surface area (Å²) in [5, 5.41) is 17.9. The molecule has 20 heavy (non-hydrogen) atoms. The fourth-order valence-electron chi connectivity index (χ4n) is 2.31. The number of carbonyl (C=O) groups is 1. The van der Waals surface area contributed by atoms with E-state index < -0.39 is 11.5 Å². The summed E-state index contributed by atoms with van der Waals surface area (Å²) in [5.41, 5.74) is -0.432. The molecule has 0 saturated carbocycles. The van der Waals surface area contributed by atoms with Crippen LogP contribution in [0.4, 0.5) is 0 Å². The Kier molecular flexibility index (Phi) is 9.06. The lowest BCUT2D eigenvalue weighted by molar-refractivity contribution is -0.159. The Morgan fingerprint density at radius 1 is 1.20 bits per heavy atom. The van der Waals surface area contributed by atoms with Crippen molar-refractivity contribution in [1.82, 2.24) is 0 Å². The molecular formula is C16H32O4. The number of aliphatic hydroxyl groups excluding tert-OH is 2. The van der Waals surface area contributed by atoms with Crippen molar-refractivity contribution in [2.75, 3.05) is 13.2 Å². The van der Waals surface area contributed by atoms with E-state index in [1.165, 1.54) is 0 Å². The molecule has 0 spiro atoms. The van der Waals surface area contributed by atoms with E-state index in [-0.39, 0.29) is 18.5 Å². The molecule has 0 saturated heterocycles. The van der Waals surface area contributed by atoms with Gasteiger partial charge in [-0.15, -0.1) is 0 Å². The molecule has 0 bridgehead atoms. The highest BCUT2D eigenvalue weighted by Crippen LogP contribution is 2.35. The van der Waals surface area contributed by atoms with Crippen molar-refractivity contribution in [3.8, 4) is 0 Å². The Morgan fingerprint density at radius 3 is 2.25 bits per heavy atom. The highest BCUT2D eigenvalue weighted by Gasteiger charge is 2.38. The topological polar surface area (TPSA) is 66.8 Å². The molecule has 4 heteroatoms. The van der Waals surface area contributed by atoms with Crippen LogP contribution in [0.5, 0.6) is 0 Å². The van der Waals surface area contributed by atoms with Crippen molar-refractivity contribution < 1.29 is 19.7 Å². The Morgan fingerprint density at radius 2 is 1.80 bits per heavy atom. The van der Waals surface area contributed by atoms with Gasteiger partial charge in [0, 0.05) is 0 Å². The maximum Gasteiger partial charge on any atom is 0.312 e. The first kappa shape index (κ1) is 19.4. The Bertz CT molecular complexity index is 276. The minimum Gasteiger partial charge on any atom is -0.465 e. The molecule has 4 nitrogen and oxygen atoms in total. The molecule has 2 atom stereocenters. The highest BCUT2D eigenvalue weighted by molar-refractivity contribution is 5.76.